The second-order valence-corrected chi connectivity index (χ2v) is 4.02. The van der Waals surface area contributed by atoms with Crippen LogP contribution in [0.2, 0.25) is 0 Å². The van der Waals surface area contributed by atoms with E-state index in [1.54, 1.807) is 0 Å². The summed E-state index contributed by atoms with van der Waals surface area (Å²) in [7, 11) is 0. The first-order chi connectivity index (χ1) is 5.38. The average Bonchev–Trinajstić information content (AvgIpc) is 1.97. The molecule has 0 saturated heterocycles. The molecule has 0 fully saturated rings. The third kappa shape index (κ3) is 4.34. The number of rotatable bonds is 3. The molecule has 0 rings (SSSR count). The van der Waals surface area contributed by atoms with Crippen molar-refractivity contribution in [3.63, 3.8) is 0 Å². The Morgan fingerprint density at radius 2 is 2.00 bits per heavy atom. The van der Waals surface area contributed by atoms with Crippen molar-refractivity contribution in [2.24, 2.45) is 5.41 Å². The molecule has 3 heteroatoms. The second kappa shape index (κ2) is 4.45. The largest absolute Gasteiger partial charge is 0.272 e. The Hall–Kier alpha value is -0.570. The first kappa shape index (κ1) is 11.4. The van der Waals surface area contributed by atoms with Gasteiger partial charge in [0, 0.05) is 5.41 Å². The molecule has 0 aromatic carbocycles. The van der Waals surface area contributed by atoms with E-state index in [-0.39, 0.29) is 17.4 Å². The maximum absolute atomic E-state index is 11.2. The lowest BCUT2D eigenvalue weighted by atomic mass is 9.96. The molecule has 72 valence electrons. The van der Waals surface area contributed by atoms with Crippen LogP contribution in [0, 0.1) is 5.41 Å². The first-order valence-electron chi connectivity index (χ1n) is 4.34. The second-order valence-electron chi connectivity index (χ2n) is 4.02. The van der Waals surface area contributed by atoms with E-state index in [0.717, 1.165) is 6.42 Å². The van der Waals surface area contributed by atoms with Crippen molar-refractivity contribution in [1.29, 1.82) is 0 Å². The summed E-state index contributed by atoms with van der Waals surface area (Å²) in [5.74, 6) is -0.0807. The van der Waals surface area contributed by atoms with Crippen LogP contribution in [0.15, 0.2) is 0 Å². The summed E-state index contributed by atoms with van der Waals surface area (Å²) in [6, 6.07) is 0. The topological polar surface area (TPSA) is 38.3 Å². The Bertz CT molecular complexity index is 149. The molecule has 1 amide bonds. The van der Waals surface area contributed by atoms with Crippen LogP contribution in [0.25, 0.3) is 0 Å². The van der Waals surface area contributed by atoms with E-state index >= 15 is 0 Å². The molecule has 0 radical (unpaired) electrons. The molecule has 0 spiro atoms. The number of carbonyl (C=O) groups excluding carboxylic acids is 1. The molecule has 0 aliphatic rings. The highest BCUT2D eigenvalue weighted by molar-refractivity contribution is 5.80. The molecule has 0 aliphatic heterocycles. The van der Waals surface area contributed by atoms with Crippen LogP contribution >= 0.6 is 0 Å². The summed E-state index contributed by atoms with van der Waals surface area (Å²) >= 11 is 0. The Kier molecular flexibility index (Phi) is 4.24. The van der Waals surface area contributed by atoms with Gasteiger partial charge in [-0.25, -0.2) is 5.48 Å². The van der Waals surface area contributed by atoms with E-state index in [4.69, 9.17) is 4.84 Å². The first-order valence-corrected chi connectivity index (χ1v) is 4.34. The normalized spacial score (nSPS) is 14.1. The van der Waals surface area contributed by atoms with Gasteiger partial charge in [-0.05, 0) is 13.3 Å². The molecular weight excluding hydrogens is 154 g/mol. The van der Waals surface area contributed by atoms with Gasteiger partial charge in [0.25, 0.3) is 0 Å². The van der Waals surface area contributed by atoms with Gasteiger partial charge in [-0.2, -0.15) is 0 Å². The van der Waals surface area contributed by atoms with Gasteiger partial charge >= 0.3 is 0 Å². The fourth-order valence-corrected chi connectivity index (χ4v) is 0.391. The van der Waals surface area contributed by atoms with Gasteiger partial charge in [0.05, 0.1) is 6.10 Å². The molecule has 1 N–H and O–H groups in total. The average molecular weight is 173 g/mol. The third-order valence-electron chi connectivity index (χ3n) is 1.61. The zero-order chi connectivity index (χ0) is 9.78. The fraction of sp³-hybridized carbons (Fsp3) is 0.889. The molecule has 1 unspecified atom stereocenters. The molecular formula is C9H19NO2. The van der Waals surface area contributed by atoms with Crippen molar-refractivity contribution in [2.45, 2.75) is 47.1 Å². The van der Waals surface area contributed by atoms with E-state index in [0.29, 0.717) is 0 Å². The minimum absolute atomic E-state index is 0.0799. The van der Waals surface area contributed by atoms with Gasteiger partial charge in [0.1, 0.15) is 0 Å². The van der Waals surface area contributed by atoms with Crippen LogP contribution in [0.4, 0.5) is 0 Å². The quantitative estimate of drug-likeness (QED) is 0.662. The van der Waals surface area contributed by atoms with Gasteiger partial charge in [-0.1, -0.05) is 27.7 Å². The summed E-state index contributed by atoms with van der Waals surface area (Å²) in [4.78, 5) is 16.3. The Balaban J connectivity index is 3.73. The maximum atomic E-state index is 11.2. The summed E-state index contributed by atoms with van der Waals surface area (Å²) in [6.07, 6.45) is 0.973. The molecule has 0 heterocycles. The van der Waals surface area contributed by atoms with Crippen molar-refractivity contribution in [1.82, 2.24) is 5.48 Å². The fourth-order valence-electron chi connectivity index (χ4n) is 0.391. The number of carbonyl (C=O) groups is 1. The molecule has 0 aromatic rings. The van der Waals surface area contributed by atoms with Crippen molar-refractivity contribution in [3.8, 4) is 0 Å². The van der Waals surface area contributed by atoms with E-state index in [1.807, 2.05) is 34.6 Å². The maximum Gasteiger partial charge on any atom is 0.248 e. The van der Waals surface area contributed by atoms with Crippen LogP contribution in [-0.2, 0) is 9.63 Å². The zero-order valence-electron chi connectivity index (χ0n) is 8.60. The Morgan fingerprint density at radius 1 is 1.50 bits per heavy atom. The smallest absolute Gasteiger partial charge is 0.248 e. The number of hydrogen-bond donors (Lipinski definition) is 1. The number of hydroxylamine groups is 1. The summed E-state index contributed by atoms with van der Waals surface area (Å²) in [5.41, 5.74) is 2.05. The van der Waals surface area contributed by atoms with Gasteiger partial charge in [0.2, 0.25) is 5.91 Å². The summed E-state index contributed by atoms with van der Waals surface area (Å²) in [5, 5.41) is 0. The predicted octanol–water partition coefficient (Wildman–Crippen LogP) is 1.88. The minimum Gasteiger partial charge on any atom is -0.272 e. The van der Waals surface area contributed by atoms with E-state index in [2.05, 4.69) is 5.48 Å². The van der Waals surface area contributed by atoms with Crippen LogP contribution in [0.1, 0.15) is 41.0 Å². The van der Waals surface area contributed by atoms with Crippen molar-refractivity contribution in [3.05, 3.63) is 0 Å². The van der Waals surface area contributed by atoms with Crippen molar-refractivity contribution in [2.75, 3.05) is 0 Å². The van der Waals surface area contributed by atoms with E-state index in [9.17, 15) is 4.79 Å². The highest BCUT2D eigenvalue weighted by Gasteiger charge is 2.21. The summed E-state index contributed by atoms with van der Waals surface area (Å²) in [6.45, 7) is 9.48. The van der Waals surface area contributed by atoms with Gasteiger partial charge in [0.15, 0.2) is 0 Å². The monoisotopic (exact) mass is 173 g/mol. The van der Waals surface area contributed by atoms with Gasteiger partial charge in [-0.15, -0.1) is 0 Å². The van der Waals surface area contributed by atoms with Crippen LogP contribution in [-0.4, -0.2) is 12.0 Å². The van der Waals surface area contributed by atoms with Gasteiger partial charge in [-0.3, -0.25) is 9.63 Å². The van der Waals surface area contributed by atoms with Gasteiger partial charge < -0.3 is 0 Å². The zero-order valence-corrected chi connectivity index (χ0v) is 8.60. The lowest BCUT2D eigenvalue weighted by Gasteiger charge is -2.19. The molecule has 0 aromatic heterocycles. The minimum atomic E-state index is -0.381. The molecule has 3 nitrogen and oxygen atoms in total. The third-order valence-corrected chi connectivity index (χ3v) is 1.61. The van der Waals surface area contributed by atoms with Crippen molar-refractivity contribution >= 4 is 5.91 Å². The van der Waals surface area contributed by atoms with Crippen LogP contribution < -0.4 is 5.48 Å². The van der Waals surface area contributed by atoms with Crippen LogP contribution in [0.3, 0.4) is 0 Å². The highest BCUT2D eigenvalue weighted by Crippen LogP contribution is 2.12. The standard InChI is InChI=1S/C9H19NO2/c1-6-7(2)12-10-8(11)9(3,4)5/h7H,6H2,1-5H3,(H,10,11). The van der Waals surface area contributed by atoms with E-state index < -0.39 is 0 Å². The van der Waals surface area contributed by atoms with Crippen LogP contribution in [0.5, 0.6) is 0 Å². The predicted molar refractivity (Wildman–Crippen MR) is 48.4 cm³/mol. The highest BCUT2D eigenvalue weighted by atomic mass is 16.7. The SMILES string of the molecule is CCC(C)ONC(=O)C(C)(C)C. The summed E-state index contributed by atoms with van der Waals surface area (Å²) < 4.78 is 0. The Morgan fingerprint density at radius 3 is 2.33 bits per heavy atom. The van der Waals surface area contributed by atoms with E-state index in [1.165, 1.54) is 0 Å². The Labute approximate surface area is 74.4 Å². The molecule has 1 atom stereocenters. The lowest BCUT2D eigenvalue weighted by molar-refractivity contribution is -0.145. The lowest BCUT2D eigenvalue weighted by Crippen LogP contribution is -2.36. The molecule has 0 saturated carbocycles. The number of hydrogen-bond acceptors (Lipinski definition) is 2. The number of nitrogens with one attached hydrogen (secondary N) is 1. The molecule has 0 aliphatic carbocycles. The van der Waals surface area contributed by atoms with Crippen molar-refractivity contribution < 1.29 is 9.63 Å². The molecule has 12 heavy (non-hydrogen) atoms. The number of amides is 1. The molecule has 0 bridgehead atoms.